The summed E-state index contributed by atoms with van der Waals surface area (Å²) in [6.07, 6.45) is 0.721. The van der Waals surface area contributed by atoms with Crippen LogP contribution in [0.4, 0.5) is 5.95 Å². The van der Waals surface area contributed by atoms with Crippen molar-refractivity contribution in [1.82, 2.24) is 15.3 Å². The molecule has 134 valence electrons. The largest absolute Gasteiger partial charge is 0.493 e. The Hall–Kier alpha value is -2.32. The number of hydrogen-bond acceptors (Lipinski definition) is 6. The van der Waals surface area contributed by atoms with E-state index in [9.17, 15) is 4.79 Å². The minimum atomic E-state index is -0.424. The highest BCUT2D eigenvalue weighted by Gasteiger charge is 2.50. The van der Waals surface area contributed by atoms with Gasteiger partial charge in [0.2, 0.25) is 11.9 Å². The van der Waals surface area contributed by atoms with Gasteiger partial charge in [-0.2, -0.15) is 0 Å². The summed E-state index contributed by atoms with van der Waals surface area (Å²) in [6.45, 7) is 2.71. The minimum absolute atomic E-state index is 0.0104. The minimum Gasteiger partial charge on any atom is -0.493 e. The third-order valence-corrected chi connectivity index (χ3v) is 5.30. The number of ether oxygens (including phenoxy) is 3. The van der Waals surface area contributed by atoms with Crippen molar-refractivity contribution in [3.63, 3.8) is 0 Å². The molecule has 2 atom stereocenters. The van der Waals surface area contributed by atoms with Crippen LogP contribution < -0.4 is 20.1 Å². The van der Waals surface area contributed by atoms with Crippen LogP contribution in [0.5, 0.6) is 11.5 Å². The van der Waals surface area contributed by atoms with Gasteiger partial charge in [0.1, 0.15) is 0 Å². The number of amides is 1. The molecule has 1 amide bonds. The molecule has 2 fully saturated rings. The van der Waals surface area contributed by atoms with E-state index in [4.69, 9.17) is 14.2 Å². The van der Waals surface area contributed by atoms with E-state index in [2.05, 4.69) is 20.6 Å². The molecular formula is C17H22N4O4. The lowest BCUT2D eigenvalue weighted by molar-refractivity contribution is -0.133. The van der Waals surface area contributed by atoms with Crippen molar-refractivity contribution in [2.24, 2.45) is 11.3 Å². The Morgan fingerprint density at radius 2 is 2.16 bits per heavy atom. The number of aromatic nitrogens is 2. The third-order valence-electron chi connectivity index (χ3n) is 5.30. The molecule has 2 aliphatic heterocycles. The predicted octanol–water partition coefficient (Wildman–Crippen LogP) is 1.14. The maximum atomic E-state index is 13.0. The lowest BCUT2D eigenvalue weighted by atomic mass is 9.73. The van der Waals surface area contributed by atoms with Gasteiger partial charge in [0, 0.05) is 37.7 Å². The molecule has 1 aromatic heterocycles. The first kappa shape index (κ1) is 16.2. The van der Waals surface area contributed by atoms with Crippen LogP contribution in [-0.4, -0.2) is 56.4 Å². The van der Waals surface area contributed by atoms with Crippen molar-refractivity contribution in [3.8, 4) is 11.5 Å². The molecule has 0 saturated carbocycles. The summed E-state index contributed by atoms with van der Waals surface area (Å²) in [5.74, 6) is 1.83. The van der Waals surface area contributed by atoms with Gasteiger partial charge in [-0.25, -0.2) is 4.98 Å². The number of benzene rings is 1. The van der Waals surface area contributed by atoms with Crippen LogP contribution in [0.15, 0.2) is 12.1 Å². The average molecular weight is 346 g/mol. The number of nitrogens with zero attached hydrogens (tertiary/aromatic N) is 1. The number of hydrogen-bond donors (Lipinski definition) is 3. The molecule has 2 aliphatic rings. The molecule has 0 radical (unpaired) electrons. The fraction of sp³-hybridized carbons (Fsp3) is 0.529. The molecule has 2 aromatic rings. The molecule has 4 rings (SSSR count). The molecule has 0 unspecified atom stereocenters. The number of H-pyrrole nitrogens is 1. The van der Waals surface area contributed by atoms with Crippen LogP contribution in [0.25, 0.3) is 11.0 Å². The summed E-state index contributed by atoms with van der Waals surface area (Å²) in [7, 11) is 3.16. The second-order valence-electron chi connectivity index (χ2n) is 6.57. The van der Waals surface area contributed by atoms with Crippen LogP contribution >= 0.6 is 0 Å². The zero-order valence-electron chi connectivity index (χ0n) is 14.3. The Kier molecular flexibility index (Phi) is 4.01. The van der Waals surface area contributed by atoms with Gasteiger partial charge in [0.25, 0.3) is 0 Å². The zero-order chi connectivity index (χ0) is 17.4. The molecule has 3 heterocycles. The number of nitrogens with one attached hydrogen (secondary N) is 3. The number of fused-ring (bicyclic) bond motifs is 2. The molecule has 8 heteroatoms. The average Bonchev–Trinajstić information content (AvgIpc) is 3.23. The van der Waals surface area contributed by atoms with Crippen LogP contribution in [-0.2, 0) is 9.53 Å². The van der Waals surface area contributed by atoms with E-state index < -0.39 is 5.41 Å². The van der Waals surface area contributed by atoms with E-state index in [0.717, 1.165) is 18.5 Å². The van der Waals surface area contributed by atoms with Gasteiger partial charge in [-0.1, -0.05) is 0 Å². The second kappa shape index (κ2) is 6.20. The number of carbonyl (C=O) groups excluding carboxylic acids is 1. The van der Waals surface area contributed by atoms with Gasteiger partial charge in [0.05, 0.1) is 37.3 Å². The zero-order valence-corrected chi connectivity index (χ0v) is 14.3. The smallest absolute Gasteiger partial charge is 0.234 e. The summed E-state index contributed by atoms with van der Waals surface area (Å²) in [6, 6.07) is 3.59. The van der Waals surface area contributed by atoms with Crippen molar-refractivity contribution in [3.05, 3.63) is 12.1 Å². The summed E-state index contributed by atoms with van der Waals surface area (Å²) in [4.78, 5) is 20.6. The molecule has 1 aromatic carbocycles. The highest BCUT2D eigenvalue weighted by atomic mass is 16.5. The number of imidazole rings is 1. The summed E-state index contributed by atoms with van der Waals surface area (Å²) in [5, 5.41) is 6.28. The Balaban J connectivity index is 1.61. The highest BCUT2D eigenvalue weighted by molar-refractivity contribution is 5.96. The fourth-order valence-corrected chi connectivity index (χ4v) is 3.81. The van der Waals surface area contributed by atoms with Crippen LogP contribution in [0.1, 0.15) is 6.42 Å². The van der Waals surface area contributed by atoms with Crippen molar-refractivity contribution in [2.75, 3.05) is 45.8 Å². The number of methoxy groups -OCH3 is 2. The topological polar surface area (TPSA) is 97.5 Å². The molecule has 8 nitrogen and oxygen atoms in total. The SMILES string of the molecule is COc1cc2nc(NC(=O)[C@@]34CCOC[C@@H]3CNC4)[nH]c2cc1OC. The Morgan fingerprint density at radius 1 is 1.36 bits per heavy atom. The van der Waals surface area contributed by atoms with E-state index in [0.29, 0.717) is 42.7 Å². The van der Waals surface area contributed by atoms with Crippen LogP contribution in [0, 0.1) is 11.3 Å². The lowest BCUT2D eigenvalue weighted by Crippen LogP contribution is -2.47. The molecule has 0 bridgehead atoms. The van der Waals surface area contributed by atoms with Gasteiger partial charge < -0.3 is 24.5 Å². The van der Waals surface area contributed by atoms with Gasteiger partial charge in [-0.05, 0) is 6.42 Å². The quantitative estimate of drug-likeness (QED) is 0.768. The third kappa shape index (κ3) is 2.61. The Bertz CT molecular complexity index is 764. The summed E-state index contributed by atoms with van der Waals surface area (Å²) in [5.41, 5.74) is 1.06. The van der Waals surface area contributed by atoms with Crippen molar-refractivity contribution in [1.29, 1.82) is 0 Å². The first-order valence-corrected chi connectivity index (χ1v) is 8.38. The monoisotopic (exact) mass is 346 g/mol. The standard InChI is InChI=1S/C17H22N4O4/c1-23-13-5-11-12(6-14(13)24-2)20-16(19-11)21-15(22)17-3-4-25-8-10(17)7-18-9-17/h5-6,10,18H,3-4,7-9H2,1-2H3,(H2,19,20,21,22)/t10-,17+/m0/s1. The summed E-state index contributed by atoms with van der Waals surface area (Å²) >= 11 is 0. The van der Waals surface area contributed by atoms with Crippen molar-refractivity contribution in [2.45, 2.75) is 6.42 Å². The molecule has 3 N–H and O–H groups in total. The summed E-state index contributed by atoms with van der Waals surface area (Å²) < 4.78 is 16.1. The maximum Gasteiger partial charge on any atom is 0.234 e. The van der Waals surface area contributed by atoms with Gasteiger partial charge >= 0.3 is 0 Å². The number of rotatable bonds is 4. The van der Waals surface area contributed by atoms with E-state index >= 15 is 0 Å². The first-order chi connectivity index (χ1) is 12.2. The van der Waals surface area contributed by atoms with Crippen LogP contribution in [0.2, 0.25) is 0 Å². The maximum absolute atomic E-state index is 13.0. The van der Waals surface area contributed by atoms with Gasteiger partial charge in [-0.3, -0.25) is 10.1 Å². The first-order valence-electron chi connectivity index (χ1n) is 8.38. The van der Waals surface area contributed by atoms with Gasteiger partial charge in [-0.15, -0.1) is 0 Å². The van der Waals surface area contributed by atoms with E-state index in [1.54, 1.807) is 20.3 Å². The highest BCUT2D eigenvalue weighted by Crippen LogP contribution is 2.39. The lowest BCUT2D eigenvalue weighted by Gasteiger charge is -2.36. The molecular weight excluding hydrogens is 324 g/mol. The molecule has 25 heavy (non-hydrogen) atoms. The Labute approximate surface area is 145 Å². The van der Waals surface area contributed by atoms with Gasteiger partial charge in [0.15, 0.2) is 11.5 Å². The van der Waals surface area contributed by atoms with E-state index in [-0.39, 0.29) is 11.8 Å². The number of carbonyl (C=O) groups is 1. The Morgan fingerprint density at radius 3 is 2.96 bits per heavy atom. The fourth-order valence-electron chi connectivity index (χ4n) is 3.81. The number of aromatic amines is 1. The van der Waals surface area contributed by atoms with Crippen molar-refractivity contribution < 1.29 is 19.0 Å². The molecule has 0 spiro atoms. The predicted molar refractivity (Wildman–Crippen MR) is 92.1 cm³/mol. The second-order valence-corrected chi connectivity index (χ2v) is 6.57. The van der Waals surface area contributed by atoms with E-state index in [1.807, 2.05) is 6.07 Å². The number of anilines is 1. The van der Waals surface area contributed by atoms with E-state index in [1.165, 1.54) is 0 Å². The van der Waals surface area contributed by atoms with Crippen LogP contribution in [0.3, 0.4) is 0 Å². The normalized spacial score (nSPS) is 25.6. The molecule has 0 aliphatic carbocycles. The van der Waals surface area contributed by atoms with Crippen molar-refractivity contribution >= 4 is 22.9 Å². The molecule has 2 saturated heterocycles.